The van der Waals surface area contributed by atoms with Gasteiger partial charge < -0.3 is 14.8 Å². The highest BCUT2D eigenvalue weighted by Crippen LogP contribution is 2.28. The van der Waals surface area contributed by atoms with Crippen LogP contribution in [0.5, 0.6) is 5.75 Å². The average Bonchev–Trinajstić information content (AvgIpc) is 2.47. The van der Waals surface area contributed by atoms with Crippen LogP contribution in [0, 0.1) is 0 Å². The molecule has 1 aromatic rings. The molecule has 1 atom stereocenters. The Morgan fingerprint density at radius 2 is 1.96 bits per heavy atom. The van der Waals surface area contributed by atoms with E-state index in [2.05, 4.69) is 5.32 Å². The van der Waals surface area contributed by atoms with Crippen molar-refractivity contribution in [2.24, 2.45) is 0 Å². The van der Waals surface area contributed by atoms with Crippen molar-refractivity contribution in [3.8, 4) is 5.75 Å². The van der Waals surface area contributed by atoms with Crippen molar-refractivity contribution in [2.45, 2.75) is 45.8 Å². The fraction of sp³-hybridized carbons (Fsp3) is 0.500. The Balaban J connectivity index is 2.50. The van der Waals surface area contributed by atoms with E-state index in [0.717, 1.165) is 6.42 Å². The molecule has 0 aliphatic carbocycles. The number of esters is 1. The Bertz CT molecular complexity index is 575. The van der Waals surface area contributed by atoms with E-state index < -0.39 is 12.1 Å². The van der Waals surface area contributed by atoms with Crippen LogP contribution in [0.3, 0.4) is 0 Å². The first-order chi connectivity index (χ1) is 10.6. The van der Waals surface area contributed by atoms with Gasteiger partial charge in [0.05, 0.1) is 5.02 Å². The minimum atomic E-state index is -0.902. The molecule has 1 amide bonds. The molecule has 0 aromatic heterocycles. The normalized spacial score (nSPS) is 12.4. The minimum absolute atomic E-state index is 0.291. The predicted molar refractivity (Wildman–Crippen MR) is 90.0 cm³/mol. The van der Waals surface area contributed by atoms with Gasteiger partial charge in [-0.1, -0.05) is 30.1 Å². The van der Waals surface area contributed by atoms with Gasteiger partial charge >= 0.3 is 5.97 Å². The van der Waals surface area contributed by atoms with Crippen LogP contribution in [-0.4, -0.2) is 30.1 Å². The number of hydrogen-bond acceptors (Lipinski definition) is 4. The lowest BCUT2D eigenvalue weighted by molar-refractivity contribution is -0.155. The zero-order valence-corrected chi connectivity index (χ0v) is 15.1. The monoisotopic (exact) mass is 361 g/mol. The smallest absolute Gasteiger partial charge is 0.347 e. The maximum Gasteiger partial charge on any atom is 0.347 e. The van der Waals surface area contributed by atoms with E-state index in [4.69, 9.17) is 32.7 Å². The Kier molecular flexibility index (Phi) is 7.16. The molecular weight excluding hydrogens is 341 g/mol. The van der Waals surface area contributed by atoms with E-state index in [1.54, 1.807) is 12.1 Å². The zero-order valence-electron chi connectivity index (χ0n) is 13.6. The third kappa shape index (κ3) is 6.67. The Labute approximate surface area is 146 Å². The van der Waals surface area contributed by atoms with E-state index in [-0.39, 0.29) is 18.1 Å². The predicted octanol–water partition coefficient (Wildman–Crippen LogP) is 3.61. The van der Waals surface area contributed by atoms with Crippen LogP contribution in [0.2, 0.25) is 10.0 Å². The summed E-state index contributed by atoms with van der Waals surface area (Å²) in [4.78, 5) is 23.6. The molecule has 0 unspecified atom stereocenters. The fourth-order valence-electron chi connectivity index (χ4n) is 1.57. The molecule has 1 aromatic carbocycles. The molecule has 128 valence electrons. The second-order valence-corrected chi connectivity index (χ2v) is 6.57. The number of carbonyl (C=O) groups excluding carboxylic acids is 2. The first kappa shape index (κ1) is 19.6. The number of carbonyl (C=O) groups is 2. The summed E-state index contributed by atoms with van der Waals surface area (Å²) in [6.07, 6.45) is -0.137. The molecule has 0 radical (unpaired) electrons. The molecule has 0 spiro atoms. The number of ether oxygens (including phenoxy) is 2. The highest BCUT2D eigenvalue weighted by molar-refractivity contribution is 6.35. The molecule has 23 heavy (non-hydrogen) atoms. The number of nitrogens with one attached hydrogen (secondary N) is 1. The molecule has 0 heterocycles. The van der Waals surface area contributed by atoms with Gasteiger partial charge in [-0.15, -0.1) is 0 Å². The number of hydrogen-bond donors (Lipinski definition) is 1. The van der Waals surface area contributed by atoms with E-state index in [0.29, 0.717) is 15.8 Å². The van der Waals surface area contributed by atoms with Crippen LogP contribution >= 0.6 is 23.2 Å². The van der Waals surface area contributed by atoms with Gasteiger partial charge in [-0.05, 0) is 45.4 Å². The summed E-state index contributed by atoms with van der Waals surface area (Å²) >= 11 is 11.8. The van der Waals surface area contributed by atoms with E-state index in [1.807, 2.05) is 20.8 Å². The van der Waals surface area contributed by atoms with Gasteiger partial charge in [0, 0.05) is 10.6 Å². The van der Waals surface area contributed by atoms with Crippen LogP contribution < -0.4 is 10.1 Å². The van der Waals surface area contributed by atoms with Gasteiger partial charge in [-0.25, -0.2) is 4.79 Å². The van der Waals surface area contributed by atoms with Gasteiger partial charge in [0.1, 0.15) is 5.75 Å². The SMILES string of the molecule is CCC(C)(C)NC(=O)COC(=O)[C@H](C)Oc1ccc(Cl)cc1Cl. The van der Waals surface area contributed by atoms with Gasteiger partial charge in [0.25, 0.3) is 5.91 Å². The molecule has 0 fully saturated rings. The summed E-state index contributed by atoms with van der Waals surface area (Å²) in [5.41, 5.74) is -0.345. The molecule has 0 aliphatic heterocycles. The summed E-state index contributed by atoms with van der Waals surface area (Å²) in [5.74, 6) is -0.695. The molecule has 0 saturated heterocycles. The number of halogens is 2. The summed E-state index contributed by atoms with van der Waals surface area (Å²) in [6, 6.07) is 4.67. The zero-order chi connectivity index (χ0) is 17.6. The lowest BCUT2D eigenvalue weighted by Gasteiger charge is -2.24. The van der Waals surface area contributed by atoms with Gasteiger partial charge in [-0.3, -0.25) is 4.79 Å². The third-order valence-electron chi connectivity index (χ3n) is 3.24. The Hall–Kier alpha value is -1.46. The van der Waals surface area contributed by atoms with Crippen LogP contribution in [0.15, 0.2) is 18.2 Å². The van der Waals surface area contributed by atoms with Crippen molar-refractivity contribution < 1.29 is 19.1 Å². The van der Waals surface area contributed by atoms with Crippen molar-refractivity contribution in [1.82, 2.24) is 5.32 Å². The summed E-state index contributed by atoms with van der Waals surface area (Å²) in [6.45, 7) is 6.89. The van der Waals surface area contributed by atoms with Crippen molar-refractivity contribution in [3.05, 3.63) is 28.2 Å². The van der Waals surface area contributed by atoms with E-state index >= 15 is 0 Å². The summed E-state index contributed by atoms with van der Waals surface area (Å²) < 4.78 is 10.4. The van der Waals surface area contributed by atoms with Crippen LogP contribution in [0.1, 0.15) is 34.1 Å². The molecular formula is C16H21Cl2NO4. The van der Waals surface area contributed by atoms with E-state index in [9.17, 15) is 9.59 Å². The molecule has 1 N–H and O–H groups in total. The first-order valence-corrected chi connectivity index (χ1v) is 7.99. The Morgan fingerprint density at radius 3 is 2.52 bits per heavy atom. The standard InChI is InChI=1S/C16H21Cl2NO4/c1-5-16(3,4)19-14(20)9-22-15(21)10(2)23-13-7-6-11(17)8-12(13)18/h6-8,10H,5,9H2,1-4H3,(H,19,20)/t10-/m0/s1. The highest BCUT2D eigenvalue weighted by Gasteiger charge is 2.21. The molecule has 1 rings (SSSR count). The second kappa shape index (κ2) is 8.41. The minimum Gasteiger partial charge on any atom is -0.477 e. The number of rotatable bonds is 7. The molecule has 7 heteroatoms. The maximum atomic E-state index is 11.9. The van der Waals surface area contributed by atoms with Crippen LogP contribution in [0.25, 0.3) is 0 Å². The average molecular weight is 362 g/mol. The van der Waals surface area contributed by atoms with Crippen molar-refractivity contribution in [3.63, 3.8) is 0 Å². The fourth-order valence-corrected chi connectivity index (χ4v) is 2.02. The lowest BCUT2D eigenvalue weighted by atomic mass is 10.0. The van der Waals surface area contributed by atoms with Crippen molar-refractivity contribution in [2.75, 3.05) is 6.61 Å². The molecule has 0 aliphatic rings. The molecule has 0 bridgehead atoms. The van der Waals surface area contributed by atoms with Crippen molar-refractivity contribution >= 4 is 35.1 Å². The summed E-state index contributed by atoms with van der Waals surface area (Å²) in [5, 5.41) is 3.53. The highest BCUT2D eigenvalue weighted by atomic mass is 35.5. The van der Waals surface area contributed by atoms with Gasteiger partial charge in [0.15, 0.2) is 12.7 Å². The maximum absolute atomic E-state index is 11.9. The Morgan fingerprint density at radius 1 is 1.30 bits per heavy atom. The summed E-state index contributed by atoms with van der Waals surface area (Å²) in [7, 11) is 0. The van der Waals surface area contributed by atoms with Crippen LogP contribution in [-0.2, 0) is 14.3 Å². The van der Waals surface area contributed by atoms with Crippen molar-refractivity contribution in [1.29, 1.82) is 0 Å². The largest absolute Gasteiger partial charge is 0.477 e. The quantitative estimate of drug-likeness (QED) is 0.753. The van der Waals surface area contributed by atoms with E-state index in [1.165, 1.54) is 13.0 Å². The molecule has 0 saturated carbocycles. The van der Waals surface area contributed by atoms with Gasteiger partial charge in [0.2, 0.25) is 0 Å². The number of amides is 1. The first-order valence-electron chi connectivity index (χ1n) is 7.24. The number of benzene rings is 1. The lowest BCUT2D eigenvalue weighted by Crippen LogP contribution is -2.45. The third-order valence-corrected chi connectivity index (χ3v) is 3.77. The van der Waals surface area contributed by atoms with Gasteiger partial charge in [-0.2, -0.15) is 0 Å². The van der Waals surface area contributed by atoms with Crippen LogP contribution in [0.4, 0.5) is 0 Å². The molecule has 5 nitrogen and oxygen atoms in total. The second-order valence-electron chi connectivity index (χ2n) is 5.73. The topological polar surface area (TPSA) is 64.6 Å².